The summed E-state index contributed by atoms with van der Waals surface area (Å²) < 4.78 is 0. The highest BCUT2D eigenvalue weighted by molar-refractivity contribution is 4.78. The van der Waals surface area contributed by atoms with Crippen LogP contribution in [0.1, 0.15) is 0 Å². The third kappa shape index (κ3) is 1.45. The van der Waals surface area contributed by atoms with Gasteiger partial charge in [0.1, 0.15) is 0 Å². The van der Waals surface area contributed by atoms with Crippen molar-refractivity contribution in [2.24, 2.45) is 5.22 Å². The fraction of sp³-hybridized carbons (Fsp3) is 0. The van der Waals surface area contributed by atoms with Crippen molar-refractivity contribution in [3.05, 3.63) is 24.5 Å². The molecule has 3 N–H and O–H groups in total. The number of H-pyrrole nitrogens is 2. The summed E-state index contributed by atoms with van der Waals surface area (Å²) in [6.07, 6.45) is 3.32. The third-order valence-corrected chi connectivity index (χ3v) is 0.797. The van der Waals surface area contributed by atoms with E-state index in [1.807, 2.05) is 0 Å². The molecule has 5 heteroatoms. The smallest absolute Gasteiger partial charge is 0.0216 e. The molecule has 0 saturated carbocycles. The molecule has 5 nitrogen and oxygen atoms in total. The molecule has 0 aliphatic carbocycles. The number of rotatable bonds is 1. The number of nitrogens with one attached hydrogen (secondary N) is 3. The molecule has 0 aromatic carbocycles. The van der Waals surface area contributed by atoms with Crippen LogP contribution in [0.15, 0.2) is 29.7 Å². The number of aromatic amines is 2. The van der Waals surface area contributed by atoms with E-state index in [2.05, 4.69) is 15.4 Å². The van der Waals surface area contributed by atoms with Crippen molar-refractivity contribution >= 4 is 0 Å². The van der Waals surface area contributed by atoms with Crippen molar-refractivity contribution in [1.29, 1.82) is 5.53 Å². The highest BCUT2D eigenvalue weighted by Gasteiger charge is 1.69. The van der Waals surface area contributed by atoms with E-state index >= 15 is 0 Å². The Kier molecular flexibility index (Phi) is 1.69. The molecular formula is C4H7N5. The van der Waals surface area contributed by atoms with Gasteiger partial charge in [-0.25, -0.2) is 0 Å². The second-order valence-corrected chi connectivity index (χ2v) is 1.39. The van der Waals surface area contributed by atoms with Crippen LogP contribution in [-0.2, 0) is 0 Å². The van der Waals surface area contributed by atoms with E-state index < -0.39 is 0 Å². The molecule has 0 fully saturated rings. The fourth-order valence-electron chi connectivity index (χ4n) is 0.433. The van der Waals surface area contributed by atoms with Crippen molar-refractivity contribution in [2.75, 3.05) is 0 Å². The Labute approximate surface area is 51.5 Å². The molecule has 1 aromatic heterocycles. The summed E-state index contributed by atoms with van der Waals surface area (Å²) in [7, 11) is 0. The van der Waals surface area contributed by atoms with Crippen LogP contribution >= 0.6 is 0 Å². The van der Waals surface area contributed by atoms with E-state index in [1.54, 1.807) is 24.5 Å². The lowest BCUT2D eigenvalue weighted by Crippen LogP contribution is -1.93. The molecular weight excluding hydrogens is 118 g/mol. The minimum absolute atomic E-state index is 1.17. The number of nitrogens with zero attached hydrogens (tertiary/aromatic N) is 2. The van der Waals surface area contributed by atoms with E-state index in [1.165, 1.54) is 4.91 Å². The van der Waals surface area contributed by atoms with Gasteiger partial charge in [0.15, 0.2) is 0 Å². The molecule has 1 rings (SSSR count). The zero-order valence-electron chi connectivity index (χ0n) is 4.70. The summed E-state index contributed by atoms with van der Waals surface area (Å²) in [6.45, 7) is 0. The van der Waals surface area contributed by atoms with Gasteiger partial charge in [-0.05, 0) is 17.4 Å². The van der Waals surface area contributed by atoms with Crippen LogP contribution < -0.4 is 0 Å². The van der Waals surface area contributed by atoms with Crippen molar-refractivity contribution in [3.8, 4) is 0 Å². The van der Waals surface area contributed by atoms with Gasteiger partial charge in [0.05, 0.1) is 0 Å². The SMILES string of the molecule is N=Nn1[nH]cccc[nH]1. The largest absolute Gasteiger partial charge is 0.269 e. The summed E-state index contributed by atoms with van der Waals surface area (Å²) in [5.41, 5.74) is 6.55. The quantitative estimate of drug-likeness (QED) is 0.469. The molecule has 0 aliphatic rings. The van der Waals surface area contributed by atoms with Crippen molar-refractivity contribution < 1.29 is 0 Å². The van der Waals surface area contributed by atoms with Gasteiger partial charge in [-0.3, -0.25) is 10.2 Å². The van der Waals surface area contributed by atoms with Crippen molar-refractivity contribution in [1.82, 2.24) is 15.1 Å². The Hall–Kier alpha value is -1.52. The Morgan fingerprint density at radius 1 is 1.22 bits per heavy atom. The lowest BCUT2D eigenvalue weighted by Gasteiger charge is -1.86. The molecule has 0 bridgehead atoms. The van der Waals surface area contributed by atoms with Crippen LogP contribution in [0, 0.1) is 5.53 Å². The van der Waals surface area contributed by atoms with E-state index in [0.29, 0.717) is 0 Å². The zero-order valence-corrected chi connectivity index (χ0v) is 4.70. The van der Waals surface area contributed by atoms with E-state index in [0.717, 1.165) is 0 Å². The molecule has 0 unspecified atom stereocenters. The van der Waals surface area contributed by atoms with E-state index in [4.69, 9.17) is 5.53 Å². The summed E-state index contributed by atoms with van der Waals surface area (Å²) in [4.78, 5) is 1.17. The van der Waals surface area contributed by atoms with Crippen LogP contribution in [-0.4, -0.2) is 15.1 Å². The molecule has 0 aliphatic heterocycles. The first-order chi connectivity index (χ1) is 4.43. The maximum Gasteiger partial charge on any atom is 0.0216 e. The summed E-state index contributed by atoms with van der Waals surface area (Å²) in [6, 6.07) is 3.58. The standard InChI is InChI=1S/C4H7N5/c5-8-9-6-3-1-2-4-7-9/h1-7H. The lowest BCUT2D eigenvalue weighted by molar-refractivity contribution is 0.557. The average Bonchev–Trinajstić information content (AvgIpc) is 2.13. The van der Waals surface area contributed by atoms with Crippen molar-refractivity contribution in [3.63, 3.8) is 0 Å². The predicted molar refractivity (Wildman–Crippen MR) is 31.3 cm³/mol. The highest BCUT2D eigenvalue weighted by atomic mass is 15.7. The van der Waals surface area contributed by atoms with Crippen LogP contribution in [0.4, 0.5) is 0 Å². The molecule has 9 heavy (non-hydrogen) atoms. The first kappa shape index (κ1) is 5.61. The van der Waals surface area contributed by atoms with Crippen LogP contribution in [0.25, 0.3) is 0 Å². The fourth-order valence-corrected chi connectivity index (χ4v) is 0.433. The molecule has 0 amide bonds. The van der Waals surface area contributed by atoms with Gasteiger partial charge in [0, 0.05) is 12.4 Å². The lowest BCUT2D eigenvalue weighted by atomic mass is 10.6. The van der Waals surface area contributed by atoms with Crippen LogP contribution in [0.5, 0.6) is 0 Å². The first-order valence-corrected chi connectivity index (χ1v) is 2.45. The summed E-state index contributed by atoms with van der Waals surface area (Å²) >= 11 is 0. The summed E-state index contributed by atoms with van der Waals surface area (Å²) in [5, 5.41) is 8.38. The molecule has 0 saturated heterocycles. The predicted octanol–water partition coefficient (Wildman–Crippen LogP) is 1.06. The Balaban J connectivity index is 3.11. The minimum Gasteiger partial charge on any atom is -0.269 e. The van der Waals surface area contributed by atoms with Gasteiger partial charge in [0.25, 0.3) is 0 Å². The van der Waals surface area contributed by atoms with Gasteiger partial charge < -0.3 is 0 Å². The second-order valence-electron chi connectivity index (χ2n) is 1.39. The van der Waals surface area contributed by atoms with Crippen LogP contribution in [0.2, 0.25) is 0 Å². The molecule has 0 atom stereocenters. The first-order valence-electron chi connectivity index (χ1n) is 2.45. The Bertz CT molecular complexity index is 196. The molecule has 1 heterocycles. The van der Waals surface area contributed by atoms with Gasteiger partial charge in [0.2, 0.25) is 0 Å². The van der Waals surface area contributed by atoms with Crippen LogP contribution in [0.3, 0.4) is 0 Å². The normalized spacial score (nSPS) is 8.44. The monoisotopic (exact) mass is 125 g/mol. The maximum absolute atomic E-state index is 6.55. The number of aromatic nitrogens is 3. The Morgan fingerprint density at radius 2 is 1.78 bits per heavy atom. The number of hydrogen-bond donors (Lipinski definition) is 3. The van der Waals surface area contributed by atoms with E-state index in [-0.39, 0.29) is 0 Å². The summed E-state index contributed by atoms with van der Waals surface area (Å²) in [5.74, 6) is 0. The van der Waals surface area contributed by atoms with Gasteiger partial charge >= 0.3 is 0 Å². The topological polar surface area (TPSA) is 72.7 Å². The third-order valence-electron chi connectivity index (χ3n) is 0.797. The van der Waals surface area contributed by atoms with Gasteiger partial charge in [-0.15, -0.1) is 0 Å². The van der Waals surface area contributed by atoms with Gasteiger partial charge in [-0.2, -0.15) is 5.53 Å². The molecule has 1 aromatic rings. The highest BCUT2D eigenvalue weighted by Crippen LogP contribution is 1.73. The molecule has 48 valence electrons. The molecule has 0 spiro atoms. The van der Waals surface area contributed by atoms with Crippen molar-refractivity contribution in [2.45, 2.75) is 0 Å². The Morgan fingerprint density at radius 3 is 2.22 bits per heavy atom. The average molecular weight is 125 g/mol. The minimum atomic E-state index is 1.17. The maximum atomic E-state index is 6.55. The number of hydrogen-bond acceptors (Lipinski definition) is 2. The van der Waals surface area contributed by atoms with E-state index in [9.17, 15) is 0 Å². The van der Waals surface area contributed by atoms with Gasteiger partial charge in [-0.1, -0.05) is 4.91 Å². The second kappa shape index (κ2) is 2.71. The zero-order chi connectivity index (χ0) is 6.53. The molecule has 0 radical (unpaired) electrons.